The number of para-hydroxylation sites is 1. The van der Waals surface area contributed by atoms with Gasteiger partial charge >= 0.3 is 0 Å². The first-order valence-electron chi connectivity index (χ1n) is 7.37. The van der Waals surface area contributed by atoms with Crippen molar-refractivity contribution in [3.05, 3.63) is 23.8 Å². The topological polar surface area (TPSA) is 41.9 Å². The Morgan fingerprint density at radius 2 is 2.15 bits per heavy atom. The molecule has 0 spiro atoms. The maximum Gasteiger partial charge on any atom is 0.166 e. The molecule has 4 heteroatoms. The number of piperidine rings is 1. The SMILES string of the molecule is COc1c(OC2CCCN(C)C2)cccc1C1(O)CC1. The van der Waals surface area contributed by atoms with E-state index in [0.29, 0.717) is 5.75 Å². The van der Waals surface area contributed by atoms with Crippen molar-refractivity contribution in [1.29, 1.82) is 0 Å². The molecule has 1 N–H and O–H groups in total. The van der Waals surface area contributed by atoms with Gasteiger partial charge in [-0.25, -0.2) is 0 Å². The van der Waals surface area contributed by atoms with Crippen LogP contribution in [0.3, 0.4) is 0 Å². The fraction of sp³-hybridized carbons (Fsp3) is 0.625. The van der Waals surface area contributed by atoms with E-state index in [4.69, 9.17) is 9.47 Å². The standard InChI is InChI=1S/C16H23NO3/c1-17-10-4-5-12(11-17)20-14-7-3-6-13(15(14)19-2)16(18)8-9-16/h3,6-7,12,18H,4-5,8-11H2,1-2H3. The molecule has 0 radical (unpaired) electrons. The van der Waals surface area contributed by atoms with Crippen LogP contribution in [0.15, 0.2) is 18.2 Å². The summed E-state index contributed by atoms with van der Waals surface area (Å²) in [6.45, 7) is 2.08. The maximum absolute atomic E-state index is 10.3. The molecular formula is C16H23NO3. The van der Waals surface area contributed by atoms with Gasteiger partial charge in [0.15, 0.2) is 11.5 Å². The molecule has 1 saturated carbocycles. The Kier molecular flexibility index (Phi) is 3.61. The van der Waals surface area contributed by atoms with Crippen molar-refractivity contribution < 1.29 is 14.6 Å². The Bertz CT molecular complexity index is 485. The summed E-state index contributed by atoms with van der Waals surface area (Å²) in [7, 11) is 3.76. The van der Waals surface area contributed by atoms with E-state index >= 15 is 0 Å². The van der Waals surface area contributed by atoms with E-state index in [-0.39, 0.29) is 6.10 Å². The number of methoxy groups -OCH3 is 1. The number of aliphatic hydroxyl groups is 1. The average molecular weight is 277 g/mol. The van der Waals surface area contributed by atoms with Crippen LogP contribution in [0, 0.1) is 0 Å². The van der Waals surface area contributed by atoms with E-state index in [1.165, 1.54) is 0 Å². The van der Waals surface area contributed by atoms with Gasteiger partial charge in [0.2, 0.25) is 0 Å². The highest BCUT2D eigenvalue weighted by Gasteiger charge is 2.45. The van der Waals surface area contributed by atoms with Crippen molar-refractivity contribution in [3.8, 4) is 11.5 Å². The second-order valence-electron chi connectivity index (χ2n) is 6.01. The van der Waals surface area contributed by atoms with Crippen LogP contribution < -0.4 is 9.47 Å². The van der Waals surface area contributed by atoms with Crippen molar-refractivity contribution in [2.75, 3.05) is 27.2 Å². The zero-order chi connectivity index (χ0) is 14.2. The fourth-order valence-electron chi connectivity index (χ4n) is 2.97. The molecule has 0 aromatic heterocycles. The van der Waals surface area contributed by atoms with Gasteiger partial charge in [-0.05, 0) is 45.3 Å². The Hall–Kier alpha value is -1.26. The van der Waals surface area contributed by atoms with E-state index < -0.39 is 5.60 Å². The Labute approximate surface area is 120 Å². The van der Waals surface area contributed by atoms with E-state index in [1.54, 1.807) is 7.11 Å². The molecule has 2 aliphatic rings. The second kappa shape index (κ2) is 5.26. The Balaban J connectivity index is 1.82. The molecule has 1 aliphatic carbocycles. The molecule has 1 aromatic rings. The number of benzene rings is 1. The number of likely N-dealkylation sites (tertiary alicyclic amines) is 1. The molecular weight excluding hydrogens is 254 g/mol. The number of rotatable bonds is 4. The summed E-state index contributed by atoms with van der Waals surface area (Å²) in [5, 5.41) is 10.3. The molecule has 3 rings (SSSR count). The third-order valence-electron chi connectivity index (χ3n) is 4.28. The number of nitrogens with zero attached hydrogens (tertiary/aromatic N) is 1. The molecule has 4 nitrogen and oxygen atoms in total. The summed E-state index contributed by atoms with van der Waals surface area (Å²) in [5.74, 6) is 1.45. The molecule has 1 heterocycles. The van der Waals surface area contributed by atoms with Gasteiger partial charge in [0.05, 0.1) is 12.7 Å². The normalized spacial score (nSPS) is 25.2. The molecule has 1 unspecified atom stereocenters. The van der Waals surface area contributed by atoms with Crippen LogP contribution in [0.5, 0.6) is 11.5 Å². The molecule has 2 fully saturated rings. The third kappa shape index (κ3) is 2.63. The monoisotopic (exact) mass is 277 g/mol. The van der Waals surface area contributed by atoms with Gasteiger partial charge in [0.1, 0.15) is 6.10 Å². The highest BCUT2D eigenvalue weighted by Crippen LogP contribution is 2.51. The Morgan fingerprint density at radius 3 is 2.80 bits per heavy atom. The lowest BCUT2D eigenvalue weighted by Crippen LogP contribution is -2.38. The number of hydrogen-bond donors (Lipinski definition) is 1. The molecule has 20 heavy (non-hydrogen) atoms. The van der Waals surface area contributed by atoms with Crippen LogP contribution in [0.4, 0.5) is 0 Å². The van der Waals surface area contributed by atoms with Gasteiger partial charge in [-0.3, -0.25) is 0 Å². The summed E-state index contributed by atoms with van der Waals surface area (Å²) >= 11 is 0. The smallest absolute Gasteiger partial charge is 0.166 e. The van der Waals surface area contributed by atoms with Gasteiger partial charge in [-0.15, -0.1) is 0 Å². The number of hydrogen-bond acceptors (Lipinski definition) is 4. The summed E-state index contributed by atoms with van der Waals surface area (Å²) in [6.07, 6.45) is 4.04. The van der Waals surface area contributed by atoms with E-state index in [0.717, 1.165) is 50.1 Å². The molecule has 1 saturated heterocycles. The van der Waals surface area contributed by atoms with E-state index in [9.17, 15) is 5.11 Å². The number of ether oxygens (including phenoxy) is 2. The van der Waals surface area contributed by atoms with Crippen LogP contribution >= 0.6 is 0 Å². The van der Waals surface area contributed by atoms with E-state index in [1.807, 2.05) is 18.2 Å². The lowest BCUT2D eigenvalue weighted by atomic mass is 10.1. The van der Waals surface area contributed by atoms with Gasteiger partial charge in [0, 0.05) is 12.1 Å². The van der Waals surface area contributed by atoms with Crippen molar-refractivity contribution in [1.82, 2.24) is 4.90 Å². The van der Waals surface area contributed by atoms with Crippen LogP contribution in [-0.4, -0.2) is 43.4 Å². The maximum atomic E-state index is 10.3. The van der Waals surface area contributed by atoms with Crippen LogP contribution in [-0.2, 0) is 5.60 Å². The fourth-order valence-corrected chi connectivity index (χ4v) is 2.97. The molecule has 1 aromatic carbocycles. The predicted molar refractivity (Wildman–Crippen MR) is 77.3 cm³/mol. The average Bonchev–Trinajstić information content (AvgIpc) is 3.18. The highest BCUT2D eigenvalue weighted by atomic mass is 16.5. The predicted octanol–water partition coefficient (Wildman–Crippen LogP) is 2.15. The van der Waals surface area contributed by atoms with Gasteiger partial charge in [-0.2, -0.15) is 0 Å². The van der Waals surface area contributed by atoms with Crippen LogP contribution in [0.1, 0.15) is 31.2 Å². The summed E-state index contributed by atoms with van der Waals surface area (Å²) in [5.41, 5.74) is 0.162. The molecule has 110 valence electrons. The summed E-state index contributed by atoms with van der Waals surface area (Å²) < 4.78 is 11.6. The quantitative estimate of drug-likeness (QED) is 0.915. The van der Waals surface area contributed by atoms with Crippen molar-refractivity contribution in [2.24, 2.45) is 0 Å². The van der Waals surface area contributed by atoms with Crippen LogP contribution in [0.2, 0.25) is 0 Å². The second-order valence-corrected chi connectivity index (χ2v) is 6.01. The number of likely N-dealkylation sites (N-methyl/N-ethyl adjacent to an activating group) is 1. The highest BCUT2D eigenvalue weighted by molar-refractivity contribution is 5.51. The van der Waals surface area contributed by atoms with E-state index in [2.05, 4.69) is 11.9 Å². The van der Waals surface area contributed by atoms with Crippen molar-refractivity contribution in [3.63, 3.8) is 0 Å². The molecule has 1 aliphatic heterocycles. The van der Waals surface area contributed by atoms with Gasteiger partial charge in [-0.1, -0.05) is 12.1 Å². The summed E-state index contributed by atoms with van der Waals surface area (Å²) in [4.78, 5) is 2.29. The first-order chi connectivity index (χ1) is 9.62. The zero-order valence-corrected chi connectivity index (χ0v) is 12.3. The molecule has 0 bridgehead atoms. The van der Waals surface area contributed by atoms with Gasteiger partial charge < -0.3 is 19.5 Å². The zero-order valence-electron chi connectivity index (χ0n) is 12.3. The lowest BCUT2D eigenvalue weighted by molar-refractivity contribution is 0.0992. The van der Waals surface area contributed by atoms with Crippen molar-refractivity contribution in [2.45, 2.75) is 37.4 Å². The lowest BCUT2D eigenvalue weighted by Gasteiger charge is -2.30. The minimum absolute atomic E-state index is 0.201. The van der Waals surface area contributed by atoms with Gasteiger partial charge in [0.25, 0.3) is 0 Å². The largest absolute Gasteiger partial charge is 0.492 e. The Morgan fingerprint density at radius 1 is 1.35 bits per heavy atom. The minimum Gasteiger partial charge on any atom is -0.492 e. The first kappa shape index (κ1) is 13.7. The molecule has 0 amide bonds. The first-order valence-corrected chi connectivity index (χ1v) is 7.37. The molecule has 1 atom stereocenters. The summed E-state index contributed by atoms with van der Waals surface area (Å²) in [6, 6.07) is 5.81. The third-order valence-corrected chi connectivity index (χ3v) is 4.28. The minimum atomic E-state index is -0.700. The van der Waals surface area contributed by atoms with Crippen LogP contribution in [0.25, 0.3) is 0 Å². The van der Waals surface area contributed by atoms with Crippen molar-refractivity contribution >= 4 is 0 Å².